The second kappa shape index (κ2) is 6.83. The van der Waals surface area contributed by atoms with E-state index in [1.807, 2.05) is 4.68 Å². The number of rotatable bonds is 6. The molecule has 1 heterocycles. The van der Waals surface area contributed by atoms with Crippen molar-refractivity contribution >= 4 is 0 Å². The minimum atomic E-state index is 0.233. The Morgan fingerprint density at radius 3 is 2.83 bits per heavy atom. The maximum Gasteiger partial charge on any atom is 0.167 e. The molecule has 1 saturated carbocycles. The van der Waals surface area contributed by atoms with Crippen LogP contribution in [0.2, 0.25) is 0 Å². The average molecular weight is 251 g/mol. The lowest BCUT2D eigenvalue weighted by molar-refractivity contribution is 0.313. The highest BCUT2D eigenvalue weighted by Gasteiger charge is 2.17. The molecule has 0 aromatic carbocycles. The van der Waals surface area contributed by atoms with Gasteiger partial charge in [-0.1, -0.05) is 39.0 Å². The largest absolute Gasteiger partial charge is 0.308 e. The van der Waals surface area contributed by atoms with Gasteiger partial charge in [-0.2, -0.15) is 0 Å². The van der Waals surface area contributed by atoms with Gasteiger partial charge in [-0.25, -0.2) is 4.68 Å². The van der Waals surface area contributed by atoms with Crippen molar-refractivity contribution in [3.8, 4) is 0 Å². The van der Waals surface area contributed by atoms with E-state index in [2.05, 4.69) is 34.7 Å². The van der Waals surface area contributed by atoms with Crippen LogP contribution in [-0.2, 0) is 6.54 Å². The first-order valence-corrected chi connectivity index (χ1v) is 7.30. The van der Waals surface area contributed by atoms with Crippen LogP contribution in [0.1, 0.15) is 64.2 Å². The second-order valence-electron chi connectivity index (χ2n) is 5.33. The van der Waals surface area contributed by atoms with Gasteiger partial charge < -0.3 is 5.32 Å². The summed E-state index contributed by atoms with van der Waals surface area (Å²) in [5.74, 6) is 1.85. The van der Waals surface area contributed by atoms with Crippen molar-refractivity contribution in [1.29, 1.82) is 0 Å². The van der Waals surface area contributed by atoms with Gasteiger partial charge in [0.15, 0.2) is 5.82 Å². The summed E-state index contributed by atoms with van der Waals surface area (Å²) in [6.45, 7) is 6.12. The number of nitrogens with one attached hydrogen (secondary N) is 1. The minimum Gasteiger partial charge on any atom is -0.308 e. The zero-order valence-electron chi connectivity index (χ0n) is 11.6. The maximum atomic E-state index is 4.14. The topological polar surface area (TPSA) is 55.6 Å². The maximum absolute atomic E-state index is 4.14. The van der Waals surface area contributed by atoms with Crippen molar-refractivity contribution in [3.63, 3.8) is 0 Å². The first kappa shape index (κ1) is 13.5. The summed E-state index contributed by atoms with van der Waals surface area (Å²) in [6, 6.07) is 0.233. The molecular formula is C13H25N5. The Bertz CT molecular complexity index is 343. The third-order valence-corrected chi connectivity index (χ3v) is 3.93. The van der Waals surface area contributed by atoms with E-state index in [9.17, 15) is 0 Å². The first-order chi connectivity index (χ1) is 8.81. The Morgan fingerprint density at radius 1 is 1.33 bits per heavy atom. The molecule has 1 aliphatic carbocycles. The van der Waals surface area contributed by atoms with E-state index < -0.39 is 0 Å². The Balaban J connectivity index is 1.86. The molecule has 0 bridgehead atoms. The van der Waals surface area contributed by atoms with Gasteiger partial charge in [-0.3, -0.25) is 0 Å². The van der Waals surface area contributed by atoms with E-state index in [0.29, 0.717) is 0 Å². The molecule has 1 unspecified atom stereocenters. The number of hydrogen-bond donors (Lipinski definition) is 1. The molecule has 0 radical (unpaired) electrons. The molecule has 1 fully saturated rings. The molecule has 2 rings (SSSR count). The Kier molecular flexibility index (Phi) is 5.11. The molecule has 1 N–H and O–H groups in total. The van der Waals surface area contributed by atoms with Gasteiger partial charge in [0.25, 0.3) is 0 Å². The summed E-state index contributed by atoms with van der Waals surface area (Å²) < 4.78 is 1.97. The van der Waals surface area contributed by atoms with Gasteiger partial charge in [0, 0.05) is 6.54 Å². The lowest BCUT2D eigenvalue weighted by atomic mass is 9.87. The molecule has 18 heavy (non-hydrogen) atoms. The van der Waals surface area contributed by atoms with Crippen LogP contribution < -0.4 is 5.32 Å². The molecule has 1 aromatic heterocycles. The smallest absolute Gasteiger partial charge is 0.167 e. The van der Waals surface area contributed by atoms with Crippen molar-refractivity contribution in [2.75, 3.05) is 6.54 Å². The lowest BCUT2D eigenvalue weighted by Gasteiger charge is -2.21. The van der Waals surface area contributed by atoms with Crippen LogP contribution >= 0.6 is 0 Å². The number of hydrogen-bond acceptors (Lipinski definition) is 4. The second-order valence-corrected chi connectivity index (χ2v) is 5.33. The predicted octanol–water partition coefficient (Wildman–Crippen LogP) is 2.31. The van der Waals surface area contributed by atoms with Crippen LogP contribution in [0, 0.1) is 5.92 Å². The van der Waals surface area contributed by atoms with E-state index >= 15 is 0 Å². The van der Waals surface area contributed by atoms with E-state index in [1.54, 1.807) is 0 Å². The number of aromatic nitrogens is 4. The monoisotopic (exact) mass is 251 g/mol. The summed E-state index contributed by atoms with van der Waals surface area (Å²) in [5, 5.41) is 15.4. The number of tetrazole rings is 1. The molecule has 0 spiro atoms. The van der Waals surface area contributed by atoms with Gasteiger partial charge in [-0.05, 0) is 36.2 Å². The zero-order valence-corrected chi connectivity index (χ0v) is 11.6. The molecule has 0 aliphatic heterocycles. The minimum absolute atomic E-state index is 0.233. The van der Waals surface area contributed by atoms with Crippen LogP contribution in [0.15, 0.2) is 0 Å². The van der Waals surface area contributed by atoms with E-state index in [0.717, 1.165) is 24.8 Å². The third kappa shape index (κ3) is 3.51. The highest BCUT2D eigenvalue weighted by molar-refractivity contribution is 4.89. The number of nitrogens with zero attached hydrogens (tertiary/aromatic N) is 4. The van der Waals surface area contributed by atoms with Crippen LogP contribution in [0.3, 0.4) is 0 Å². The highest BCUT2D eigenvalue weighted by Crippen LogP contribution is 2.26. The normalized spacial score (nSPS) is 19.0. The first-order valence-electron chi connectivity index (χ1n) is 7.30. The van der Waals surface area contributed by atoms with Crippen LogP contribution in [-0.4, -0.2) is 26.8 Å². The lowest BCUT2D eigenvalue weighted by Crippen LogP contribution is -2.22. The zero-order chi connectivity index (χ0) is 12.8. The van der Waals surface area contributed by atoms with Gasteiger partial charge in [0.1, 0.15) is 0 Å². The number of aryl methyl sites for hydroxylation is 1. The summed E-state index contributed by atoms with van der Waals surface area (Å²) >= 11 is 0. The van der Waals surface area contributed by atoms with Gasteiger partial charge in [0.2, 0.25) is 0 Å². The van der Waals surface area contributed by atoms with Crippen LogP contribution in [0.4, 0.5) is 0 Å². The van der Waals surface area contributed by atoms with E-state index in [-0.39, 0.29) is 6.04 Å². The predicted molar refractivity (Wildman–Crippen MR) is 71.1 cm³/mol. The fourth-order valence-corrected chi connectivity index (χ4v) is 2.86. The van der Waals surface area contributed by atoms with Crippen molar-refractivity contribution < 1.29 is 0 Å². The quantitative estimate of drug-likeness (QED) is 0.843. The molecular weight excluding hydrogens is 226 g/mol. The highest BCUT2D eigenvalue weighted by atomic mass is 15.5. The Labute approximate surface area is 109 Å². The fraction of sp³-hybridized carbons (Fsp3) is 0.923. The molecule has 1 aliphatic rings. The summed E-state index contributed by atoms with van der Waals surface area (Å²) in [4.78, 5) is 0. The van der Waals surface area contributed by atoms with E-state index in [1.165, 1.54) is 38.5 Å². The molecule has 102 valence electrons. The molecule has 1 aromatic rings. The van der Waals surface area contributed by atoms with Gasteiger partial charge in [0.05, 0.1) is 6.04 Å². The van der Waals surface area contributed by atoms with Crippen molar-refractivity contribution in [2.24, 2.45) is 5.92 Å². The molecule has 1 atom stereocenters. The van der Waals surface area contributed by atoms with Crippen molar-refractivity contribution in [3.05, 3.63) is 5.82 Å². The summed E-state index contributed by atoms with van der Waals surface area (Å²) in [6.07, 6.45) is 8.23. The van der Waals surface area contributed by atoms with E-state index in [4.69, 9.17) is 0 Å². The standard InChI is InChI=1S/C13H25N5/c1-3-14-11(2)13-15-16-17-18(13)10-9-12-7-5-4-6-8-12/h11-12,14H,3-10H2,1-2H3. The molecule has 5 nitrogen and oxygen atoms in total. The summed E-state index contributed by atoms with van der Waals surface area (Å²) in [5.41, 5.74) is 0. The SMILES string of the molecule is CCNC(C)c1nnnn1CCC1CCCCC1. The molecule has 5 heteroatoms. The van der Waals surface area contributed by atoms with Crippen molar-refractivity contribution in [1.82, 2.24) is 25.5 Å². The average Bonchev–Trinajstić information content (AvgIpc) is 2.86. The molecule has 0 amide bonds. The van der Waals surface area contributed by atoms with Crippen LogP contribution in [0.5, 0.6) is 0 Å². The molecule has 0 saturated heterocycles. The Hall–Kier alpha value is -0.970. The Morgan fingerprint density at radius 2 is 2.11 bits per heavy atom. The fourth-order valence-electron chi connectivity index (χ4n) is 2.86. The van der Waals surface area contributed by atoms with Crippen LogP contribution in [0.25, 0.3) is 0 Å². The van der Waals surface area contributed by atoms with Gasteiger partial charge in [-0.15, -0.1) is 5.10 Å². The van der Waals surface area contributed by atoms with Crippen molar-refractivity contribution in [2.45, 2.75) is 65.0 Å². The third-order valence-electron chi connectivity index (χ3n) is 3.93. The summed E-state index contributed by atoms with van der Waals surface area (Å²) in [7, 11) is 0. The van der Waals surface area contributed by atoms with Gasteiger partial charge >= 0.3 is 0 Å².